The largest absolute Gasteiger partial charge is 0.478 e. The number of carboxylic acids is 1. The molecule has 5 heteroatoms. The molecular weight excluding hydrogens is 376 g/mol. The number of carboxylic acid groups (broad SMARTS) is 1. The Morgan fingerprint density at radius 3 is 2.60 bits per heavy atom. The van der Waals surface area contributed by atoms with Crippen LogP contribution in [0.1, 0.15) is 39.4 Å². The highest BCUT2D eigenvalue weighted by Gasteiger charge is 2.66. The third kappa shape index (κ3) is 2.61. The minimum atomic E-state index is -0.980. The zero-order valence-electron chi connectivity index (χ0n) is 16.1. The van der Waals surface area contributed by atoms with Gasteiger partial charge in [-0.3, -0.25) is 4.79 Å². The van der Waals surface area contributed by atoms with E-state index >= 15 is 0 Å². The van der Waals surface area contributed by atoms with Crippen LogP contribution in [0, 0.1) is 6.57 Å². The monoisotopic (exact) mass is 394 g/mol. The molecule has 0 radical (unpaired) electrons. The van der Waals surface area contributed by atoms with Crippen LogP contribution in [0.3, 0.4) is 0 Å². The second-order valence-electron chi connectivity index (χ2n) is 7.85. The maximum Gasteiger partial charge on any atom is 0.335 e. The third-order valence-electron chi connectivity index (χ3n) is 6.20. The van der Waals surface area contributed by atoms with Crippen molar-refractivity contribution in [2.24, 2.45) is 0 Å². The molecule has 146 valence electrons. The highest BCUT2D eigenvalue weighted by atomic mass is 16.4. The van der Waals surface area contributed by atoms with Gasteiger partial charge in [0.1, 0.15) is 0 Å². The first-order valence-electron chi connectivity index (χ1n) is 9.76. The Hall–Kier alpha value is -3.91. The number of anilines is 1. The van der Waals surface area contributed by atoms with E-state index in [2.05, 4.69) is 4.85 Å². The molecule has 0 saturated heterocycles. The molecule has 1 saturated carbocycles. The van der Waals surface area contributed by atoms with Crippen molar-refractivity contribution in [2.45, 2.75) is 24.3 Å². The molecule has 1 heterocycles. The Balaban J connectivity index is 1.50. The molecule has 1 aliphatic carbocycles. The molecule has 0 bridgehead atoms. The summed E-state index contributed by atoms with van der Waals surface area (Å²) in [6.07, 6.45) is 0.742. The van der Waals surface area contributed by atoms with Crippen LogP contribution in [0.4, 0.5) is 11.4 Å². The minimum Gasteiger partial charge on any atom is -0.478 e. The number of carbonyl (C=O) groups excluding carboxylic acids is 1. The molecule has 1 amide bonds. The summed E-state index contributed by atoms with van der Waals surface area (Å²) in [6, 6.07) is 22.1. The summed E-state index contributed by atoms with van der Waals surface area (Å²) in [4.78, 5) is 30.2. The van der Waals surface area contributed by atoms with Crippen LogP contribution in [0.5, 0.6) is 0 Å². The van der Waals surface area contributed by atoms with E-state index in [1.54, 1.807) is 35.2 Å². The van der Waals surface area contributed by atoms with Crippen molar-refractivity contribution in [2.75, 3.05) is 4.90 Å². The average Bonchev–Trinajstić information content (AvgIpc) is 3.49. The summed E-state index contributed by atoms with van der Waals surface area (Å²) in [6.45, 7) is 7.46. The van der Waals surface area contributed by atoms with E-state index in [1.165, 1.54) is 0 Å². The first kappa shape index (κ1) is 18.1. The quantitative estimate of drug-likeness (QED) is 0.640. The predicted octanol–water partition coefficient (Wildman–Crippen LogP) is 4.91. The number of rotatable bonds is 4. The van der Waals surface area contributed by atoms with Gasteiger partial charge >= 0.3 is 5.97 Å². The number of fused-ring (bicyclic) bond motifs is 2. The zero-order chi connectivity index (χ0) is 20.9. The molecule has 3 aromatic carbocycles. The Bertz CT molecular complexity index is 1230. The number of para-hydroxylation sites is 1. The average molecular weight is 394 g/mol. The van der Waals surface area contributed by atoms with Crippen molar-refractivity contribution in [1.29, 1.82) is 0 Å². The summed E-state index contributed by atoms with van der Waals surface area (Å²) in [5.74, 6) is -0.837. The molecule has 1 N–H and O–H groups in total. The molecule has 30 heavy (non-hydrogen) atoms. The van der Waals surface area contributed by atoms with Crippen molar-refractivity contribution in [1.82, 2.24) is 0 Å². The fourth-order valence-corrected chi connectivity index (χ4v) is 4.67. The number of hydrogen-bond acceptors (Lipinski definition) is 2. The molecular formula is C25H18N2O3. The minimum absolute atomic E-state index is 0.0590. The smallest absolute Gasteiger partial charge is 0.335 e. The van der Waals surface area contributed by atoms with Crippen molar-refractivity contribution in [3.8, 4) is 0 Å². The third-order valence-corrected chi connectivity index (χ3v) is 6.20. The van der Waals surface area contributed by atoms with Gasteiger partial charge in [0, 0.05) is 11.6 Å². The Morgan fingerprint density at radius 2 is 1.87 bits per heavy atom. The maximum atomic E-state index is 13.6. The van der Waals surface area contributed by atoms with E-state index in [9.17, 15) is 14.7 Å². The Kier molecular flexibility index (Phi) is 3.97. The predicted molar refractivity (Wildman–Crippen MR) is 113 cm³/mol. The number of nitrogens with zero attached hydrogens (tertiary/aromatic N) is 2. The summed E-state index contributed by atoms with van der Waals surface area (Å²) in [7, 11) is 0. The topological polar surface area (TPSA) is 62.0 Å². The normalized spacial score (nSPS) is 21.4. The number of hydrogen-bond donors (Lipinski definition) is 1. The van der Waals surface area contributed by atoms with Gasteiger partial charge in [0.25, 0.3) is 0 Å². The van der Waals surface area contributed by atoms with E-state index in [-0.39, 0.29) is 17.4 Å². The van der Waals surface area contributed by atoms with Gasteiger partial charge in [0.05, 0.1) is 24.1 Å². The van der Waals surface area contributed by atoms with Crippen molar-refractivity contribution < 1.29 is 14.7 Å². The van der Waals surface area contributed by atoms with Gasteiger partial charge in [-0.05, 0) is 41.3 Å². The molecule has 5 rings (SSSR count). The lowest BCUT2D eigenvalue weighted by Gasteiger charge is -2.19. The number of benzene rings is 3. The van der Waals surface area contributed by atoms with E-state index in [0.717, 1.165) is 28.8 Å². The number of amides is 1. The van der Waals surface area contributed by atoms with Crippen LogP contribution in [-0.4, -0.2) is 17.0 Å². The van der Waals surface area contributed by atoms with E-state index in [0.29, 0.717) is 12.2 Å². The SMILES string of the molecule is [C-]#[N+]c1ccc([C@@H]2C[C@]23C(=O)N(Cc2cccc(C(=O)O)c2)c2ccccc23)cc1. The van der Waals surface area contributed by atoms with Crippen LogP contribution in [0.25, 0.3) is 4.85 Å². The molecule has 3 aromatic rings. The fraction of sp³-hybridized carbons (Fsp3) is 0.160. The molecule has 0 unspecified atom stereocenters. The van der Waals surface area contributed by atoms with Crippen LogP contribution < -0.4 is 4.90 Å². The standard InChI is InChI=1S/C25H18N2O3/c1-26-19-11-9-17(10-12-19)21-14-25(21)20-7-2-3-8-22(20)27(24(25)30)15-16-5-4-6-18(13-16)23(28)29/h2-13,21H,14-15H2,(H,28,29)/t21-,25+/m0/s1. The lowest BCUT2D eigenvalue weighted by atomic mass is 9.92. The van der Waals surface area contributed by atoms with Crippen LogP contribution in [-0.2, 0) is 16.8 Å². The summed E-state index contributed by atoms with van der Waals surface area (Å²) < 4.78 is 0. The van der Waals surface area contributed by atoms with Gasteiger partial charge in [0.2, 0.25) is 5.91 Å². The van der Waals surface area contributed by atoms with E-state index in [1.807, 2.05) is 42.5 Å². The van der Waals surface area contributed by atoms with Gasteiger partial charge in [-0.15, -0.1) is 0 Å². The summed E-state index contributed by atoms with van der Waals surface area (Å²) in [5, 5.41) is 9.27. The lowest BCUT2D eigenvalue weighted by Crippen LogP contribution is -2.32. The molecule has 2 atom stereocenters. The first-order valence-corrected chi connectivity index (χ1v) is 9.76. The second-order valence-corrected chi connectivity index (χ2v) is 7.85. The van der Waals surface area contributed by atoms with Crippen LogP contribution in [0.2, 0.25) is 0 Å². The van der Waals surface area contributed by atoms with Gasteiger partial charge in [-0.1, -0.05) is 54.6 Å². The molecule has 2 aliphatic rings. The van der Waals surface area contributed by atoms with Gasteiger partial charge in [-0.25, -0.2) is 9.64 Å². The molecule has 1 spiro atoms. The van der Waals surface area contributed by atoms with Crippen LogP contribution in [0.15, 0.2) is 72.8 Å². The molecule has 1 aliphatic heterocycles. The fourth-order valence-electron chi connectivity index (χ4n) is 4.67. The first-order chi connectivity index (χ1) is 14.5. The van der Waals surface area contributed by atoms with Crippen LogP contribution >= 0.6 is 0 Å². The number of aromatic carboxylic acids is 1. The molecule has 1 fully saturated rings. The van der Waals surface area contributed by atoms with E-state index in [4.69, 9.17) is 6.57 Å². The van der Waals surface area contributed by atoms with Crippen molar-refractivity contribution in [3.63, 3.8) is 0 Å². The van der Waals surface area contributed by atoms with Gasteiger partial charge < -0.3 is 10.0 Å². The highest BCUT2D eigenvalue weighted by molar-refractivity contribution is 6.11. The van der Waals surface area contributed by atoms with Crippen molar-refractivity contribution >= 4 is 23.3 Å². The van der Waals surface area contributed by atoms with Gasteiger partial charge in [0.15, 0.2) is 5.69 Å². The number of carbonyl (C=O) groups is 2. The highest BCUT2D eigenvalue weighted by Crippen LogP contribution is 2.66. The summed E-state index contributed by atoms with van der Waals surface area (Å²) >= 11 is 0. The molecule has 0 aromatic heterocycles. The Labute approximate surface area is 174 Å². The maximum absolute atomic E-state index is 13.6. The van der Waals surface area contributed by atoms with E-state index < -0.39 is 11.4 Å². The lowest BCUT2D eigenvalue weighted by molar-refractivity contribution is -0.120. The second kappa shape index (κ2) is 6.57. The summed E-state index contributed by atoms with van der Waals surface area (Å²) in [5.41, 5.74) is 4.01. The Morgan fingerprint density at radius 1 is 1.10 bits per heavy atom. The molecule has 5 nitrogen and oxygen atoms in total. The zero-order valence-corrected chi connectivity index (χ0v) is 16.1. The van der Waals surface area contributed by atoms with Gasteiger partial charge in [-0.2, -0.15) is 0 Å². The van der Waals surface area contributed by atoms with Crippen molar-refractivity contribution in [3.05, 3.63) is 106 Å².